The van der Waals surface area contributed by atoms with Crippen molar-refractivity contribution in [1.29, 1.82) is 0 Å². The second-order valence-electron chi connectivity index (χ2n) is 4.00. The molecule has 16 heavy (non-hydrogen) atoms. The van der Waals surface area contributed by atoms with Crippen molar-refractivity contribution in [1.82, 2.24) is 0 Å². The van der Waals surface area contributed by atoms with Gasteiger partial charge < -0.3 is 10.8 Å². The lowest BCUT2D eigenvalue weighted by molar-refractivity contribution is 0.107. The summed E-state index contributed by atoms with van der Waals surface area (Å²) in [7, 11) is 0. The van der Waals surface area contributed by atoms with E-state index in [9.17, 15) is 5.11 Å². The molecule has 3 heteroatoms. The largest absolute Gasteiger partial charge is 0.388 e. The lowest BCUT2D eigenvalue weighted by Crippen LogP contribution is -2.21. The smallest absolute Gasteiger partial charge is 0.0830 e. The third kappa shape index (κ3) is 3.51. The van der Waals surface area contributed by atoms with E-state index in [0.717, 1.165) is 18.4 Å². The Labute approximate surface area is 102 Å². The van der Waals surface area contributed by atoms with Crippen LogP contribution in [0.3, 0.4) is 0 Å². The molecule has 0 bridgehead atoms. The van der Waals surface area contributed by atoms with Crippen LogP contribution in [0, 0.1) is 5.92 Å². The van der Waals surface area contributed by atoms with Crippen molar-refractivity contribution in [3.05, 3.63) is 29.8 Å². The highest BCUT2D eigenvalue weighted by atomic mass is 32.2. The van der Waals surface area contributed by atoms with E-state index in [0.29, 0.717) is 6.54 Å². The molecule has 1 aromatic carbocycles. The summed E-state index contributed by atoms with van der Waals surface area (Å²) < 4.78 is 0. The number of aliphatic hydroxyl groups is 1. The topological polar surface area (TPSA) is 46.2 Å². The van der Waals surface area contributed by atoms with Gasteiger partial charge in [-0.3, -0.25) is 0 Å². The Morgan fingerprint density at radius 2 is 1.94 bits per heavy atom. The number of nitrogens with two attached hydrogens (primary N) is 1. The zero-order chi connectivity index (χ0) is 12.0. The third-order valence-corrected chi connectivity index (χ3v) is 3.61. The first kappa shape index (κ1) is 13.6. The molecule has 2 nitrogen and oxygen atoms in total. The Morgan fingerprint density at radius 1 is 1.31 bits per heavy atom. The van der Waals surface area contributed by atoms with Gasteiger partial charge in [0, 0.05) is 10.8 Å². The number of aliphatic hydroxyl groups excluding tert-OH is 1. The van der Waals surface area contributed by atoms with Gasteiger partial charge >= 0.3 is 0 Å². The van der Waals surface area contributed by atoms with E-state index in [1.807, 2.05) is 30.5 Å². The zero-order valence-electron chi connectivity index (χ0n) is 10.0. The summed E-state index contributed by atoms with van der Waals surface area (Å²) in [6, 6.07) is 8.08. The van der Waals surface area contributed by atoms with Crippen molar-refractivity contribution in [3.63, 3.8) is 0 Å². The molecule has 0 radical (unpaired) electrons. The van der Waals surface area contributed by atoms with Crippen LogP contribution in [0.4, 0.5) is 0 Å². The number of hydrogen-bond acceptors (Lipinski definition) is 3. The quantitative estimate of drug-likeness (QED) is 0.750. The molecule has 2 unspecified atom stereocenters. The molecule has 0 fully saturated rings. The monoisotopic (exact) mass is 239 g/mol. The molecule has 1 aromatic rings. The molecular formula is C13H21NOS. The SMILES string of the molecule is CCCC(CN)C(O)c1ccc(SC)cc1. The van der Waals surface area contributed by atoms with Crippen molar-refractivity contribution in [2.75, 3.05) is 12.8 Å². The van der Waals surface area contributed by atoms with Gasteiger partial charge in [-0.1, -0.05) is 25.5 Å². The molecule has 0 saturated carbocycles. The van der Waals surface area contributed by atoms with E-state index in [1.165, 1.54) is 4.90 Å². The van der Waals surface area contributed by atoms with E-state index in [2.05, 4.69) is 6.92 Å². The van der Waals surface area contributed by atoms with Gasteiger partial charge in [-0.15, -0.1) is 11.8 Å². The molecule has 0 saturated heterocycles. The lowest BCUT2D eigenvalue weighted by Gasteiger charge is -2.21. The maximum absolute atomic E-state index is 10.2. The Hall–Kier alpha value is -0.510. The lowest BCUT2D eigenvalue weighted by atomic mass is 9.92. The molecule has 0 amide bonds. The van der Waals surface area contributed by atoms with Crippen molar-refractivity contribution >= 4 is 11.8 Å². The van der Waals surface area contributed by atoms with Gasteiger partial charge in [0.25, 0.3) is 0 Å². The highest BCUT2D eigenvalue weighted by Crippen LogP contribution is 2.26. The minimum atomic E-state index is -0.430. The maximum Gasteiger partial charge on any atom is 0.0830 e. The molecule has 0 aliphatic heterocycles. The fourth-order valence-corrected chi connectivity index (χ4v) is 2.26. The highest BCUT2D eigenvalue weighted by molar-refractivity contribution is 7.98. The second-order valence-corrected chi connectivity index (χ2v) is 4.88. The summed E-state index contributed by atoms with van der Waals surface area (Å²) in [5, 5.41) is 10.2. The van der Waals surface area contributed by atoms with Crippen LogP contribution in [0.1, 0.15) is 31.4 Å². The van der Waals surface area contributed by atoms with Gasteiger partial charge in [0.15, 0.2) is 0 Å². The van der Waals surface area contributed by atoms with E-state index < -0.39 is 6.10 Å². The van der Waals surface area contributed by atoms with E-state index in [-0.39, 0.29) is 5.92 Å². The first-order valence-electron chi connectivity index (χ1n) is 5.75. The van der Waals surface area contributed by atoms with Crippen molar-refractivity contribution in [2.24, 2.45) is 11.7 Å². The average molecular weight is 239 g/mol. The normalized spacial score (nSPS) is 14.8. The van der Waals surface area contributed by atoms with Gasteiger partial charge in [-0.05, 0) is 36.9 Å². The van der Waals surface area contributed by atoms with Crippen LogP contribution in [0.5, 0.6) is 0 Å². The number of rotatable bonds is 6. The Balaban J connectivity index is 2.73. The minimum absolute atomic E-state index is 0.171. The van der Waals surface area contributed by atoms with Gasteiger partial charge in [0.05, 0.1) is 6.10 Å². The summed E-state index contributed by atoms with van der Waals surface area (Å²) in [6.07, 6.45) is 3.65. The number of thioether (sulfide) groups is 1. The van der Waals surface area contributed by atoms with Crippen LogP contribution in [0.2, 0.25) is 0 Å². The van der Waals surface area contributed by atoms with Crippen molar-refractivity contribution in [3.8, 4) is 0 Å². The standard InChI is InChI=1S/C13H21NOS/c1-3-4-11(9-14)13(15)10-5-7-12(16-2)8-6-10/h5-8,11,13,15H,3-4,9,14H2,1-2H3. The molecule has 2 atom stereocenters. The number of hydrogen-bond donors (Lipinski definition) is 2. The van der Waals surface area contributed by atoms with Crippen LogP contribution >= 0.6 is 11.8 Å². The first-order chi connectivity index (χ1) is 7.72. The van der Waals surface area contributed by atoms with E-state index in [4.69, 9.17) is 5.73 Å². The molecule has 1 rings (SSSR count). The predicted molar refractivity (Wildman–Crippen MR) is 70.6 cm³/mol. The van der Waals surface area contributed by atoms with Crippen LogP contribution in [0.15, 0.2) is 29.2 Å². The maximum atomic E-state index is 10.2. The predicted octanol–water partition coefficient (Wildman–Crippen LogP) is 2.82. The third-order valence-electron chi connectivity index (χ3n) is 2.87. The summed E-state index contributed by atoms with van der Waals surface area (Å²) in [4.78, 5) is 1.22. The average Bonchev–Trinajstić information content (AvgIpc) is 2.35. The summed E-state index contributed by atoms with van der Waals surface area (Å²) in [5.74, 6) is 0.171. The van der Waals surface area contributed by atoms with Crippen molar-refractivity contribution < 1.29 is 5.11 Å². The van der Waals surface area contributed by atoms with E-state index >= 15 is 0 Å². The van der Waals surface area contributed by atoms with Crippen LogP contribution in [-0.4, -0.2) is 17.9 Å². The fourth-order valence-electron chi connectivity index (χ4n) is 1.85. The molecular weight excluding hydrogens is 218 g/mol. The molecule has 0 spiro atoms. The molecule has 0 heterocycles. The molecule has 3 N–H and O–H groups in total. The second kappa shape index (κ2) is 6.94. The van der Waals surface area contributed by atoms with Gasteiger partial charge in [-0.25, -0.2) is 0 Å². The Bertz CT molecular complexity index is 299. The summed E-state index contributed by atoms with van der Waals surface area (Å²) in [6.45, 7) is 2.66. The minimum Gasteiger partial charge on any atom is -0.388 e. The number of benzene rings is 1. The van der Waals surface area contributed by atoms with Gasteiger partial charge in [0.2, 0.25) is 0 Å². The molecule has 90 valence electrons. The summed E-state index contributed by atoms with van der Waals surface area (Å²) >= 11 is 1.71. The van der Waals surface area contributed by atoms with Gasteiger partial charge in [-0.2, -0.15) is 0 Å². The zero-order valence-corrected chi connectivity index (χ0v) is 10.8. The molecule has 0 aliphatic carbocycles. The Morgan fingerprint density at radius 3 is 2.38 bits per heavy atom. The van der Waals surface area contributed by atoms with Crippen molar-refractivity contribution in [2.45, 2.75) is 30.8 Å². The fraction of sp³-hybridized carbons (Fsp3) is 0.538. The summed E-state index contributed by atoms with van der Waals surface area (Å²) in [5.41, 5.74) is 6.66. The Kier molecular flexibility index (Phi) is 5.88. The van der Waals surface area contributed by atoms with Gasteiger partial charge in [0.1, 0.15) is 0 Å². The van der Waals surface area contributed by atoms with E-state index in [1.54, 1.807) is 11.8 Å². The first-order valence-corrected chi connectivity index (χ1v) is 6.97. The van der Waals surface area contributed by atoms with Crippen LogP contribution < -0.4 is 5.73 Å². The van der Waals surface area contributed by atoms with Crippen LogP contribution in [0.25, 0.3) is 0 Å². The molecule has 0 aromatic heterocycles. The van der Waals surface area contributed by atoms with Crippen LogP contribution in [-0.2, 0) is 0 Å². The molecule has 0 aliphatic rings. The highest BCUT2D eigenvalue weighted by Gasteiger charge is 2.18.